The van der Waals surface area contributed by atoms with Gasteiger partial charge in [0.25, 0.3) is 0 Å². The zero-order valence-electron chi connectivity index (χ0n) is 8.85. The van der Waals surface area contributed by atoms with Gasteiger partial charge in [-0.1, -0.05) is 12.1 Å². The fraction of sp³-hybridized carbons (Fsp3) is 0.182. The summed E-state index contributed by atoms with van der Waals surface area (Å²) in [6.07, 6.45) is 1.68. The molecular weight excluding hydrogens is 209 g/mol. The van der Waals surface area contributed by atoms with Gasteiger partial charge in [0.1, 0.15) is 18.2 Å². The molecule has 0 bridgehead atoms. The highest BCUT2D eigenvalue weighted by Crippen LogP contribution is 2.16. The van der Waals surface area contributed by atoms with Crippen LogP contribution in [0.2, 0.25) is 0 Å². The summed E-state index contributed by atoms with van der Waals surface area (Å²) in [6.45, 7) is 0.189. The van der Waals surface area contributed by atoms with E-state index in [9.17, 15) is 4.39 Å². The average molecular weight is 221 g/mol. The first-order valence-electron chi connectivity index (χ1n) is 4.82. The molecule has 0 atom stereocenters. The van der Waals surface area contributed by atoms with Crippen molar-refractivity contribution >= 4 is 5.82 Å². The van der Waals surface area contributed by atoms with Crippen LogP contribution in [0.4, 0.5) is 10.2 Å². The van der Waals surface area contributed by atoms with Crippen LogP contribution in [0.3, 0.4) is 0 Å². The normalized spacial score (nSPS) is 10.4. The van der Waals surface area contributed by atoms with Gasteiger partial charge in [-0.3, -0.25) is 0 Å². The van der Waals surface area contributed by atoms with E-state index in [2.05, 4.69) is 4.98 Å². The fourth-order valence-electron chi connectivity index (χ4n) is 1.37. The second-order valence-electron chi connectivity index (χ2n) is 3.41. The molecule has 1 aromatic heterocycles. The Morgan fingerprint density at radius 3 is 2.81 bits per heavy atom. The first-order valence-corrected chi connectivity index (χ1v) is 4.82. The summed E-state index contributed by atoms with van der Waals surface area (Å²) in [4.78, 5) is 4.05. The largest absolute Gasteiger partial charge is 0.483 e. The van der Waals surface area contributed by atoms with Crippen molar-refractivity contribution in [3.8, 4) is 5.75 Å². The highest BCUT2D eigenvalue weighted by molar-refractivity contribution is 5.26. The van der Waals surface area contributed by atoms with Crippen LogP contribution in [-0.2, 0) is 13.7 Å². The number of anilines is 1. The summed E-state index contributed by atoms with van der Waals surface area (Å²) >= 11 is 0. The predicted molar refractivity (Wildman–Crippen MR) is 58.4 cm³/mol. The van der Waals surface area contributed by atoms with Crippen molar-refractivity contribution in [1.82, 2.24) is 9.55 Å². The third kappa shape index (κ3) is 2.13. The van der Waals surface area contributed by atoms with Crippen molar-refractivity contribution < 1.29 is 9.13 Å². The van der Waals surface area contributed by atoms with E-state index in [4.69, 9.17) is 10.5 Å². The van der Waals surface area contributed by atoms with Gasteiger partial charge in [0, 0.05) is 13.2 Å². The molecule has 0 radical (unpaired) electrons. The Balaban J connectivity index is 2.08. The topological polar surface area (TPSA) is 53.1 Å². The molecule has 0 unspecified atom stereocenters. The van der Waals surface area contributed by atoms with Crippen LogP contribution in [0.25, 0.3) is 0 Å². The highest BCUT2D eigenvalue weighted by Gasteiger charge is 2.06. The molecule has 0 amide bonds. The molecule has 0 saturated carbocycles. The molecule has 0 aliphatic heterocycles. The Morgan fingerprint density at radius 2 is 2.19 bits per heavy atom. The summed E-state index contributed by atoms with van der Waals surface area (Å²) in [6, 6.07) is 6.25. The second-order valence-corrected chi connectivity index (χ2v) is 3.41. The van der Waals surface area contributed by atoms with Crippen molar-refractivity contribution in [1.29, 1.82) is 0 Å². The van der Waals surface area contributed by atoms with Crippen LogP contribution in [-0.4, -0.2) is 9.55 Å². The number of nitrogens with zero attached hydrogens (tertiary/aromatic N) is 2. The van der Waals surface area contributed by atoms with Crippen molar-refractivity contribution in [3.63, 3.8) is 0 Å². The average Bonchev–Trinajstić information content (AvgIpc) is 2.56. The lowest BCUT2D eigenvalue weighted by Gasteiger charge is -2.06. The molecule has 0 saturated heterocycles. The van der Waals surface area contributed by atoms with Gasteiger partial charge in [-0.2, -0.15) is 0 Å². The van der Waals surface area contributed by atoms with Gasteiger partial charge < -0.3 is 15.0 Å². The third-order valence-corrected chi connectivity index (χ3v) is 2.18. The summed E-state index contributed by atoms with van der Waals surface area (Å²) in [5.74, 6) is 0.907. The Labute approximate surface area is 92.5 Å². The van der Waals surface area contributed by atoms with Crippen molar-refractivity contribution in [2.75, 3.05) is 5.73 Å². The lowest BCUT2D eigenvalue weighted by molar-refractivity contribution is 0.277. The molecular formula is C11H12FN3O. The van der Waals surface area contributed by atoms with Gasteiger partial charge in [-0.05, 0) is 12.1 Å². The molecule has 16 heavy (non-hydrogen) atoms. The van der Waals surface area contributed by atoms with Gasteiger partial charge in [-0.15, -0.1) is 0 Å². The maximum Gasteiger partial charge on any atom is 0.165 e. The third-order valence-electron chi connectivity index (χ3n) is 2.18. The smallest absolute Gasteiger partial charge is 0.165 e. The molecule has 4 nitrogen and oxygen atoms in total. The maximum atomic E-state index is 13.2. The van der Waals surface area contributed by atoms with E-state index in [1.165, 1.54) is 6.07 Å². The molecule has 84 valence electrons. The number of hydrogen-bond acceptors (Lipinski definition) is 3. The number of benzene rings is 1. The minimum Gasteiger partial charge on any atom is -0.483 e. The van der Waals surface area contributed by atoms with Crippen LogP contribution < -0.4 is 10.5 Å². The second kappa shape index (κ2) is 4.22. The highest BCUT2D eigenvalue weighted by atomic mass is 19.1. The first kappa shape index (κ1) is 10.5. The van der Waals surface area contributed by atoms with Crippen LogP contribution in [0, 0.1) is 5.82 Å². The Morgan fingerprint density at radius 1 is 1.44 bits per heavy atom. The minimum atomic E-state index is -0.385. The zero-order valence-corrected chi connectivity index (χ0v) is 8.85. The van der Waals surface area contributed by atoms with E-state index >= 15 is 0 Å². The SMILES string of the molecule is Cn1cc(N)nc1COc1ccccc1F. The van der Waals surface area contributed by atoms with E-state index in [0.29, 0.717) is 11.6 Å². The van der Waals surface area contributed by atoms with E-state index in [0.717, 1.165) is 0 Å². The van der Waals surface area contributed by atoms with E-state index in [1.807, 2.05) is 7.05 Å². The van der Waals surface area contributed by atoms with E-state index < -0.39 is 0 Å². The summed E-state index contributed by atoms with van der Waals surface area (Å²) in [7, 11) is 1.81. The number of nitrogens with two attached hydrogens (primary N) is 1. The summed E-state index contributed by atoms with van der Waals surface area (Å²) in [5.41, 5.74) is 5.52. The molecule has 0 spiro atoms. The summed E-state index contributed by atoms with van der Waals surface area (Å²) < 4.78 is 20.3. The predicted octanol–water partition coefficient (Wildman–Crippen LogP) is 1.72. The molecule has 5 heteroatoms. The number of aryl methyl sites for hydroxylation is 1. The van der Waals surface area contributed by atoms with Crippen molar-refractivity contribution in [3.05, 3.63) is 42.1 Å². The number of nitrogen functional groups attached to an aromatic ring is 1. The van der Waals surface area contributed by atoms with Gasteiger partial charge in [0.05, 0.1) is 0 Å². The number of aromatic nitrogens is 2. The van der Waals surface area contributed by atoms with Crippen LogP contribution in [0.15, 0.2) is 30.5 Å². The number of hydrogen-bond donors (Lipinski definition) is 1. The van der Waals surface area contributed by atoms with Gasteiger partial charge in [0.15, 0.2) is 11.6 Å². The van der Waals surface area contributed by atoms with Gasteiger partial charge in [0.2, 0.25) is 0 Å². The van der Waals surface area contributed by atoms with Crippen LogP contribution in [0.5, 0.6) is 5.75 Å². The Hall–Kier alpha value is -2.04. The monoisotopic (exact) mass is 221 g/mol. The van der Waals surface area contributed by atoms with Gasteiger partial charge in [-0.25, -0.2) is 9.37 Å². The maximum absolute atomic E-state index is 13.2. The molecule has 0 aliphatic carbocycles. The van der Waals surface area contributed by atoms with Gasteiger partial charge >= 0.3 is 0 Å². The van der Waals surface area contributed by atoms with Crippen LogP contribution in [0.1, 0.15) is 5.82 Å². The molecule has 1 aromatic carbocycles. The summed E-state index contributed by atoms with van der Waals surface area (Å²) in [5, 5.41) is 0. The molecule has 0 aliphatic rings. The molecule has 0 fully saturated rings. The van der Waals surface area contributed by atoms with Crippen molar-refractivity contribution in [2.24, 2.45) is 7.05 Å². The molecule has 2 N–H and O–H groups in total. The number of halogens is 1. The minimum absolute atomic E-state index is 0.189. The number of imidazole rings is 1. The molecule has 2 rings (SSSR count). The van der Waals surface area contributed by atoms with Crippen molar-refractivity contribution in [2.45, 2.75) is 6.61 Å². The quantitative estimate of drug-likeness (QED) is 0.858. The number of para-hydroxylation sites is 1. The molecule has 1 heterocycles. The lowest BCUT2D eigenvalue weighted by Crippen LogP contribution is -2.03. The lowest BCUT2D eigenvalue weighted by atomic mass is 10.3. The number of ether oxygens (including phenoxy) is 1. The van der Waals surface area contributed by atoms with E-state index in [1.54, 1.807) is 29.0 Å². The Kier molecular flexibility index (Phi) is 2.76. The van der Waals surface area contributed by atoms with E-state index in [-0.39, 0.29) is 18.2 Å². The first-order chi connectivity index (χ1) is 7.66. The van der Waals surface area contributed by atoms with Crippen LogP contribution >= 0.6 is 0 Å². The fourth-order valence-corrected chi connectivity index (χ4v) is 1.37. The number of rotatable bonds is 3. The molecule has 2 aromatic rings. The standard InChI is InChI=1S/C11H12FN3O/c1-15-6-10(13)14-11(15)7-16-9-5-3-2-4-8(9)12/h2-6H,7,13H2,1H3. The zero-order chi connectivity index (χ0) is 11.5. The Bertz CT molecular complexity index is 496.